The number of methoxy groups -OCH3 is 2. The van der Waals surface area contributed by atoms with Crippen LogP contribution in [0.5, 0.6) is 11.5 Å². The van der Waals surface area contributed by atoms with Crippen molar-refractivity contribution >= 4 is 6.03 Å². The highest BCUT2D eigenvalue weighted by molar-refractivity contribution is 5.74. The molecule has 31 heavy (non-hydrogen) atoms. The lowest BCUT2D eigenvalue weighted by atomic mass is 10.0. The quantitative estimate of drug-likeness (QED) is 0.675. The number of nitrogens with zero attached hydrogens (tertiary/aromatic N) is 1. The van der Waals surface area contributed by atoms with Gasteiger partial charge in [0.25, 0.3) is 0 Å². The number of carbonyl (C=O) groups excluding carboxylic acids is 1. The first-order valence-corrected chi connectivity index (χ1v) is 10.7. The molecule has 0 aromatic heterocycles. The van der Waals surface area contributed by atoms with Crippen LogP contribution in [0.1, 0.15) is 35.7 Å². The molecule has 2 N–H and O–H groups in total. The fraction of sp³-hybridized carbons (Fsp3) is 0.458. The van der Waals surface area contributed by atoms with E-state index < -0.39 is 0 Å². The molecule has 2 amide bonds. The van der Waals surface area contributed by atoms with Gasteiger partial charge in [-0.25, -0.2) is 4.79 Å². The summed E-state index contributed by atoms with van der Waals surface area (Å²) in [6, 6.07) is 13.7. The lowest BCUT2D eigenvalue weighted by molar-refractivity contribution is 0.0166. The second-order valence-corrected chi connectivity index (χ2v) is 7.71. The van der Waals surface area contributed by atoms with Crippen molar-refractivity contribution in [3.63, 3.8) is 0 Å². The number of nitrogens with one attached hydrogen (secondary N) is 2. The van der Waals surface area contributed by atoms with E-state index in [0.717, 1.165) is 29.8 Å². The number of benzene rings is 2. The molecule has 168 valence electrons. The molecule has 0 bridgehead atoms. The van der Waals surface area contributed by atoms with Crippen molar-refractivity contribution in [3.8, 4) is 11.5 Å². The third-order valence-corrected chi connectivity index (χ3v) is 5.74. The average Bonchev–Trinajstić information content (AvgIpc) is 2.80. The van der Waals surface area contributed by atoms with E-state index in [4.69, 9.17) is 14.2 Å². The van der Waals surface area contributed by atoms with Gasteiger partial charge in [0.2, 0.25) is 0 Å². The van der Waals surface area contributed by atoms with E-state index in [1.165, 1.54) is 0 Å². The molecule has 1 aliphatic rings. The summed E-state index contributed by atoms with van der Waals surface area (Å²) >= 11 is 0. The largest absolute Gasteiger partial charge is 0.493 e. The molecule has 0 saturated carbocycles. The Bertz CT molecular complexity index is 868. The standard InChI is InChI=1S/C24H33N3O4/c1-17-7-5-6-8-20(17)18(2)26-24(28)25-16-21(27-11-13-31-14-12-27)19-9-10-22(29-3)23(15-19)30-4/h5-10,15,18,21H,11-14,16H2,1-4H3,(H2,25,26,28)/t18-,21-/m1/s1. The van der Waals surface area contributed by atoms with Crippen molar-refractivity contribution in [2.45, 2.75) is 25.9 Å². The molecule has 0 unspecified atom stereocenters. The SMILES string of the molecule is COc1ccc([C@@H](CNC(=O)N[C@H](C)c2ccccc2C)N2CCOCC2)cc1OC. The van der Waals surface area contributed by atoms with Crippen molar-refractivity contribution in [3.05, 3.63) is 59.2 Å². The van der Waals surface area contributed by atoms with Crippen LogP contribution in [-0.4, -0.2) is 58.0 Å². The maximum atomic E-state index is 12.7. The smallest absolute Gasteiger partial charge is 0.315 e. The van der Waals surface area contributed by atoms with E-state index in [2.05, 4.69) is 28.5 Å². The van der Waals surface area contributed by atoms with E-state index in [-0.39, 0.29) is 18.1 Å². The van der Waals surface area contributed by atoms with E-state index in [1.807, 2.05) is 43.3 Å². The number of rotatable bonds is 8. The van der Waals surface area contributed by atoms with Crippen LogP contribution in [0.3, 0.4) is 0 Å². The summed E-state index contributed by atoms with van der Waals surface area (Å²) in [5.41, 5.74) is 3.33. The van der Waals surface area contributed by atoms with Crippen molar-refractivity contribution in [2.24, 2.45) is 0 Å². The van der Waals surface area contributed by atoms with Gasteiger partial charge >= 0.3 is 6.03 Å². The van der Waals surface area contributed by atoms with Crippen LogP contribution in [0.25, 0.3) is 0 Å². The topological polar surface area (TPSA) is 72.1 Å². The van der Waals surface area contributed by atoms with Crippen molar-refractivity contribution < 1.29 is 19.0 Å². The van der Waals surface area contributed by atoms with E-state index in [9.17, 15) is 4.79 Å². The fourth-order valence-electron chi connectivity index (χ4n) is 3.99. The molecule has 0 radical (unpaired) electrons. The van der Waals surface area contributed by atoms with Crippen molar-refractivity contribution in [1.29, 1.82) is 0 Å². The zero-order valence-electron chi connectivity index (χ0n) is 18.8. The second kappa shape index (κ2) is 11.0. The minimum atomic E-state index is -0.186. The number of hydrogen-bond acceptors (Lipinski definition) is 5. The minimum absolute atomic E-state index is 0.00298. The summed E-state index contributed by atoms with van der Waals surface area (Å²) < 4.78 is 16.4. The zero-order chi connectivity index (χ0) is 22.2. The summed E-state index contributed by atoms with van der Waals surface area (Å²) in [5, 5.41) is 6.11. The van der Waals surface area contributed by atoms with Crippen LogP contribution in [0.4, 0.5) is 4.79 Å². The maximum absolute atomic E-state index is 12.7. The number of morpholine rings is 1. The fourth-order valence-corrected chi connectivity index (χ4v) is 3.99. The summed E-state index contributed by atoms with van der Waals surface area (Å²) in [4.78, 5) is 15.0. The van der Waals surface area contributed by atoms with Gasteiger partial charge < -0.3 is 24.8 Å². The molecule has 2 aromatic carbocycles. The predicted octanol–water partition coefficient (Wildman–Crippen LogP) is 3.45. The lowest BCUT2D eigenvalue weighted by Crippen LogP contribution is -2.46. The van der Waals surface area contributed by atoms with Crippen LogP contribution in [-0.2, 0) is 4.74 Å². The predicted molar refractivity (Wildman–Crippen MR) is 121 cm³/mol. The van der Waals surface area contributed by atoms with Crippen molar-refractivity contribution in [2.75, 3.05) is 47.1 Å². The Labute approximate surface area is 184 Å². The molecule has 1 heterocycles. The van der Waals surface area contributed by atoms with Gasteiger partial charge in [-0.05, 0) is 42.7 Å². The highest BCUT2D eigenvalue weighted by Gasteiger charge is 2.24. The molecule has 2 atom stereocenters. The number of aryl methyl sites for hydroxylation is 1. The van der Waals surface area contributed by atoms with Gasteiger partial charge in [0.1, 0.15) is 0 Å². The molecule has 3 rings (SSSR count). The first kappa shape index (κ1) is 22.9. The van der Waals surface area contributed by atoms with Crippen LogP contribution in [0, 0.1) is 6.92 Å². The highest BCUT2D eigenvalue weighted by Crippen LogP contribution is 2.32. The van der Waals surface area contributed by atoms with Crippen LogP contribution in [0.15, 0.2) is 42.5 Å². The van der Waals surface area contributed by atoms with Gasteiger partial charge in [0.05, 0.1) is 39.5 Å². The van der Waals surface area contributed by atoms with Crippen molar-refractivity contribution in [1.82, 2.24) is 15.5 Å². The number of hydrogen-bond donors (Lipinski definition) is 2. The Balaban J connectivity index is 1.70. The molecule has 0 spiro atoms. The van der Waals surface area contributed by atoms with E-state index in [0.29, 0.717) is 31.3 Å². The molecule has 2 aromatic rings. The molecule has 7 heteroatoms. The third kappa shape index (κ3) is 5.89. The summed E-state index contributed by atoms with van der Waals surface area (Å²) in [6.07, 6.45) is 0. The molecule has 1 fully saturated rings. The third-order valence-electron chi connectivity index (χ3n) is 5.74. The zero-order valence-corrected chi connectivity index (χ0v) is 18.8. The van der Waals surface area contributed by atoms with Crippen LogP contribution < -0.4 is 20.1 Å². The molecule has 7 nitrogen and oxygen atoms in total. The molecular weight excluding hydrogens is 394 g/mol. The molecule has 1 aliphatic heterocycles. The van der Waals surface area contributed by atoms with Crippen LogP contribution in [0.2, 0.25) is 0 Å². The number of amides is 2. The first-order valence-electron chi connectivity index (χ1n) is 10.7. The molecule has 0 aliphatic carbocycles. The van der Waals surface area contributed by atoms with Gasteiger partial charge in [-0.15, -0.1) is 0 Å². The number of ether oxygens (including phenoxy) is 3. The second-order valence-electron chi connectivity index (χ2n) is 7.71. The van der Waals surface area contributed by atoms with E-state index in [1.54, 1.807) is 14.2 Å². The summed E-state index contributed by atoms with van der Waals surface area (Å²) in [5.74, 6) is 1.36. The molecular formula is C24H33N3O4. The Morgan fingerprint density at radius 3 is 2.48 bits per heavy atom. The summed E-state index contributed by atoms with van der Waals surface area (Å²) in [6.45, 7) is 7.50. The number of urea groups is 1. The maximum Gasteiger partial charge on any atom is 0.315 e. The summed E-state index contributed by atoms with van der Waals surface area (Å²) in [7, 11) is 3.25. The Morgan fingerprint density at radius 2 is 1.81 bits per heavy atom. The Hall–Kier alpha value is -2.77. The van der Waals surface area contributed by atoms with Gasteiger partial charge in [-0.3, -0.25) is 4.90 Å². The Morgan fingerprint density at radius 1 is 1.10 bits per heavy atom. The van der Waals surface area contributed by atoms with Gasteiger partial charge in [-0.1, -0.05) is 30.3 Å². The van der Waals surface area contributed by atoms with Gasteiger partial charge in [-0.2, -0.15) is 0 Å². The lowest BCUT2D eigenvalue weighted by Gasteiger charge is -2.35. The molecule has 1 saturated heterocycles. The highest BCUT2D eigenvalue weighted by atomic mass is 16.5. The normalized spacial score (nSPS) is 16.3. The Kier molecular flexibility index (Phi) is 8.14. The van der Waals surface area contributed by atoms with Gasteiger partial charge in [0.15, 0.2) is 11.5 Å². The van der Waals surface area contributed by atoms with Gasteiger partial charge in [0, 0.05) is 19.6 Å². The first-order chi connectivity index (χ1) is 15.0. The van der Waals surface area contributed by atoms with E-state index >= 15 is 0 Å². The number of carbonyl (C=O) groups is 1. The monoisotopic (exact) mass is 427 g/mol. The average molecular weight is 428 g/mol. The minimum Gasteiger partial charge on any atom is -0.493 e. The van der Waals surface area contributed by atoms with Crippen LogP contribution >= 0.6 is 0 Å².